The molecule has 1 atom stereocenters. The minimum Gasteiger partial charge on any atom is -0.368 e. The van der Waals surface area contributed by atoms with Crippen LogP contribution in [-0.2, 0) is 6.42 Å². The molecule has 5 heteroatoms. The van der Waals surface area contributed by atoms with Gasteiger partial charge in [-0.15, -0.1) is 0 Å². The Morgan fingerprint density at radius 3 is 2.42 bits per heavy atom. The zero-order valence-corrected chi connectivity index (χ0v) is 15.7. The van der Waals surface area contributed by atoms with Crippen molar-refractivity contribution >= 4 is 11.8 Å². The summed E-state index contributed by atoms with van der Waals surface area (Å²) in [5.74, 6) is 1.85. The third-order valence-electron chi connectivity index (χ3n) is 5.72. The standard InChI is InChI=1S/C21H29N5/c1-25-12-6-14-26(15-7-13-25)20-18-11-5-10-17(16-8-3-2-4-9-16)19(18)23-21(22)24-20/h2-4,8-9,17H,5-7,10-15H2,1H3,(H2,22,23,24). The number of nitrogens with two attached hydrogens (primary N) is 1. The maximum atomic E-state index is 6.16. The molecule has 0 spiro atoms. The van der Waals surface area contributed by atoms with Crippen molar-refractivity contribution in [3.63, 3.8) is 0 Å². The van der Waals surface area contributed by atoms with Crippen molar-refractivity contribution in [1.82, 2.24) is 14.9 Å². The second-order valence-corrected chi connectivity index (χ2v) is 7.62. The number of anilines is 2. The highest BCUT2D eigenvalue weighted by Crippen LogP contribution is 2.39. The Labute approximate surface area is 156 Å². The van der Waals surface area contributed by atoms with E-state index in [1.807, 2.05) is 0 Å². The van der Waals surface area contributed by atoms with Crippen LogP contribution in [0.3, 0.4) is 0 Å². The number of hydrogen-bond donors (Lipinski definition) is 1. The smallest absolute Gasteiger partial charge is 0.222 e. The maximum absolute atomic E-state index is 6.16. The Bertz CT molecular complexity index is 736. The molecule has 2 N–H and O–H groups in total. The van der Waals surface area contributed by atoms with Crippen molar-refractivity contribution in [3.8, 4) is 0 Å². The zero-order chi connectivity index (χ0) is 17.9. The third-order valence-corrected chi connectivity index (χ3v) is 5.72. The molecule has 0 saturated carbocycles. The fraction of sp³-hybridized carbons (Fsp3) is 0.524. The lowest BCUT2D eigenvalue weighted by Crippen LogP contribution is -2.36. The molecule has 5 nitrogen and oxygen atoms in total. The topological polar surface area (TPSA) is 58.3 Å². The molecule has 1 aromatic carbocycles. The van der Waals surface area contributed by atoms with E-state index in [9.17, 15) is 0 Å². The Morgan fingerprint density at radius 2 is 1.69 bits per heavy atom. The van der Waals surface area contributed by atoms with E-state index in [1.54, 1.807) is 0 Å². The predicted molar refractivity (Wildman–Crippen MR) is 107 cm³/mol. The van der Waals surface area contributed by atoms with Crippen molar-refractivity contribution in [3.05, 3.63) is 47.2 Å². The predicted octanol–water partition coefficient (Wildman–Crippen LogP) is 3.06. The summed E-state index contributed by atoms with van der Waals surface area (Å²) >= 11 is 0. The number of rotatable bonds is 2. The Hall–Kier alpha value is -2.14. The highest BCUT2D eigenvalue weighted by atomic mass is 15.2. The van der Waals surface area contributed by atoms with Gasteiger partial charge in [0.25, 0.3) is 0 Å². The van der Waals surface area contributed by atoms with Crippen LogP contribution in [0.2, 0.25) is 0 Å². The fourth-order valence-electron chi connectivity index (χ4n) is 4.42. The molecule has 138 valence electrons. The molecule has 0 bridgehead atoms. The average Bonchev–Trinajstić information content (AvgIpc) is 2.64. The van der Waals surface area contributed by atoms with E-state index in [0.717, 1.165) is 63.4 Å². The molecule has 1 unspecified atom stereocenters. The molecule has 1 aliphatic carbocycles. The molecule has 2 aliphatic rings. The van der Waals surface area contributed by atoms with Gasteiger partial charge in [-0.25, -0.2) is 4.98 Å². The Morgan fingerprint density at radius 1 is 0.962 bits per heavy atom. The van der Waals surface area contributed by atoms with E-state index in [2.05, 4.69) is 47.2 Å². The molecule has 1 aliphatic heterocycles. The van der Waals surface area contributed by atoms with Gasteiger partial charge in [-0.1, -0.05) is 30.3 Å². The van der Waals surface area contributed by atoms with Gasteiger partial charge in [-0.05, 0) is 57.8 Å². The molecule has 26 heavy (non-hydrogen) atoms. The summed E-state index contributed by atoms with van der Waals surface area (Å²) < 4.78 is 0. The number of nitrogen functional groups attached to an aromatic ring is 1. The monoisotopic (exact) mass is 351 g/mol. The van der Waals surface area contributed by atoms with Crippen LogP contribution in [0.4, 0.5) is 11.8 Å². The number of nitrogens with zero attached hydrogens (tertiary/aromatic N) is 4. The van der Waals surface area contributed by atoms with Crippen LogP contribution < -0.4 is 10.6 Å². The van der Waals surface area contributed by atoms with Gasteiger partial charge in [0.2, 0.25) is 5.95 Å². The molecule has 2 heterocycles. The van der Waals surface area contributed by atoms with Crippen molar-refractivity contribution in [2.24, 2.45) is 0 Å². The van der Waals surface area contributed by atoms with Crippen LogP contribution in [-0.4, -0.2) is 48.1 Å². The van der Waals surface area contributed by atoms with E-state index in [0.29, 0.717) is 11.9 Å². The van der Waals surface area contributed by atoms with Crippen LogP contribution in [0.15, 0.2) is 30.3 Å². The lowest BCUT2D eigenvalue weighted by atomic mass is 9.82. The van der Waals surface area contributed by atoms with Gasteiger partial charge < -0.3 is 15.5 Å². The molecule has 0 amide bonds. The van der Waals surface area contributed by atoms with Crippen LogP contribution in [0, 0.1) is 0 Å². The Kier molecular flexibility index (Phi) is 5.07. The summed E-state index contributed by atoms with van der Waals surface area (Å²) in [5, 5.41) is 0. The van der Waals surface area contributed by atoms with Crippen LogP contribution >= 0.6 is 0 Å². The summed E-state index contributed by atoms with van der Waals surface area (Å²) in [6.07, 6.45) is 5.71. The molecule has 0 radical (unpaired) electrons. The number of aromatic nitrogens is 2. The number of hydrogen-bond acceptors (Lipinski definition) is 5. The zero-order valence-electron chi connectivity index (χ0n) is 15.7. The first-order chi connectivity index (χ1) is 12.7. The highest BCUT2D eigenvalue weighted by molar-refractivity contribution is 5.55. The molecule has 1 aromatic heterocycles. The first kappa shape index (κ1) is 17.3. The summed E-state index contributed by atoms with van der Waals surface area (Å²) in [4.78, 5) is 14.3. The summed E-state index contributed by atoms with van der Waals surface area (Å²) in [6, 6.07) is 10.7. The highest BCUT2D eigenvalue weighted by Gasteiger charge is 2.28. The van der Waals surface area contributed by atoms with Crippen LogP contribution in [0.25, 0.3) is 0 Å². The van der Waals surface area contributed by atoms with Crippen molar-refractivity contribution in [1.29, 1.82) is 0 Å². The summed E-state index contributed by atoms with van der Waals surface area (Å²) in [5.41, 5.74) is 9.99. The lowest BCUT2D eigenvalue weighted by molar-refractivity contribution is 0.313. The molecule has 1 saturated heterocycles. The quantitative estimate of drug-likeness (QED) is 0.901. The van der Waals surface area contributed by atoms with Gasteiger partial charge >= 0.3 is 0 Å². The molecule has 2 aromatic rings. The van der Waals surface area contributed by atoms with Gasteiger partial charge in [-0.2, -0.15) is 4.98 Å². The number of benzene rings is 1. The minimum absolute atomic E-state index is 0.338. The van der Waals surface area contributed by atoms with Gasteiger partial charge in [0.05, 0.1) is 5.69 Å². The third kappa shape index (κ3) is 3.54. The van der Waals surface area contributed by atoms with E-state index < -0.39 is 0 Å². The van der Waals surface area contributed by atoms with Crippen LogP contribution in [0.1, 0.15) is 48.4 Å². The first-order valence-electron chi connectivity index (χ1n) is 9.87. The van der Waals surface area contributed by atoms with Gasteiger partial charge in [0.15, 0.2) is 0 Å². The molecular formula is C21H29N5. The van der Waals surface area contributed by atoms with E-state index in [1.165, 1.54) is 17.5 Å². The minimum atomic E-state index is 0.338. The largest absolute Gasteiger partial charge is 0.368 e. The first-order valence-corrected chi connectivity index (χ1v) is 9.87. The number of fused-ring (bicyclic) bond motifs is 1. The maximum Gasteiger partial charge on any atom is 0.222 e. The molecule has 1 fully saturated rings. The second-order valence-electron chi connectivity index (χ2n) is 7.62. The van der Waals surface area contributed by atoms with Gasteiger partial charge in [0.1, 0.15) is 5.82 Å². The second kappa shape index (κ2) is 7.62. The Balaban J connectivity index is 1.70. The van der Waals surface area contributed by atoms with Crippen molar-refractivity contribution in [2.45, 2.75) is 38.0 Å². The van der Waals surface area contributed by atoms with Crippen molar-refractivity contribution in [2.75, 3.05) is 43.9 Å². The van der Waals surface area contributed by atoms with Gasteiger partial charge in [-0.3, -0.25) is 0 Å². The van der Waals surface area contributed by atoms with Crippen LogP contribution in [0.5, 0.6) is 0 Å². The SMILES string of the molecule is CN1CCCN(c2nc(N)nc3c2CCCC3c2ccccc2)CCC1. The molecular weight excluding hydrogens is 322 g/mol. The summed E-state index contributed by atoms with van der Waals surface area (Å²) in [7, 11) is 2.21. The van der Waals surface area contributed by atoms with Crippen molar-refractivity contribution < 1.29 is 0 Å². The normalized spacial score (nSPS) is 21.7. The van der Waals surface area contributed by atoms with E-state index in [-0.39, 0.29) is 0 Å². The lowest BCUT2D eigenvalue weighted by Gasteiger charge is -2.33. The van der Waals surface area contributed by atoms with E-state index in [4.69, 9.17) is 15.7 Å². The van der Waals surface area contributed by atoms with E-state index >= 15 is 0 Å². The fourth-order valence-corrected chi connectivity index (χ4v) is 4.42. The summed E-state index contributed by atoms with van der Waals surface area (Å²) in [6.45, 7) is 4.38. The molecule has 4 rings (SSSR count). The van der Waals surface area contributed by atoms with Gasteiger partial charge in [0, 0.05) is 24.6 Å². The average molecular weight is 351 g/mol.